The quantitative estimate of drug-likeness (QED) is 0.742. The summed E-state index contributed by atoms with van der Waals surface area (Å²) < 4.78 is 7.36. The molecule has 0 bridgehead atoms. The Morgan fingerprint density at radius 3 is 2.80 bits per heavy atom. The van der Waals surface area contributed by atoms with Crippen LogP contribution < -0.4 is 4.74 Å². The fourth-order valence-electron chi connectivity index (χ4n) is 1.83. The van der Waals surface area contributed by atoms with Gasteiger partial charge in [-0.15, -0.1) is 10.2 Å². The Labute approximate surface area is 125 Å². The minimum absolute atomic E-state index is 0.338. The Balaban J connectivity index is 1.92. The predicted octanol–water partition coefficient (Wildman–Crippen LogP) is 3.57. The number of fused-ring (bicyclic) bond motifs is 1. The van der Waals surface area contributed by atoms with Gasteiger partial charge in [-0.3, -0.25) is 0 Å². The summed E-state index contributed by atoms with van der Waals surface area (Å²) in [7, 11) is 0. The molecular formula is C13H10Cl2N4O. The molecule has 0 spiro atoms. The Kier molecular flexibility index (Phi) is 3.46. The van der Waals surface area contributed by atoms with Gasteiger partial charge in [0.25, 0.3) is 0 Å². The van der Waals surface area contributed by atoms with Gasteiger partial charge in [0.2, 0.25) is 0 Å². The fourth-order valence-corrected chi connectivity index (χ4v) is 2.15. The zero-order valence-corrected chi connectivity index (χ0v) is 12.0. The molecule has 102 valence electrons. The molecule has 5 nitrogen and oxygen atoms in total. The Hall–Kier alpha value is -1.85. The lowest BCUT2D eigenvalue weighted by Gasteiger charge is -2.12. The van der Waals surface area contributed by atoms with Crippen LogP contribution in [-0.4, -0.2) is 19.8 Å². The van der Waals surface area contributed by atoms with Crippen molar-refractivity contribution < 1.29 is 4.74 Å². The molecule has 3 aromatic rings. The molecule has 7 heteroatoms. The molecule has 2 heterocycles. The smallest absolute Gasteiger partial charge is 0.195 e. The number of hydrogen-bond donors (Lipinski definition) is 0. The van der Waals surface area contributed by atoms with Gasteiger partial charge in [-0.2, -0.15) is 9.61 Å². The van der Waals surface area contributed by atoms with E-state index in [1.807, 2.05) is 19.1 Å². The molecule has 0 N–H and O–H groups in total. The van der Waals surface area contributed by atoms with Crippen molar-refractivity contribution in [1.29, 1.82) is 0 Å². The average molecular weight is 309 g/mol. The Morgan fingerprint density at radius 2 is 2.00 bits per heavy atom. The minimum Gasteiger partial charge on any atom is -0.483 e. The topological polar surface area (TPSA) is 52.3 Å². The van der Waals surface area contributed by atoms with Crippen molar-refractivity contribution in [3.8, 4) is 5.75 Å². The van der Waals surface area contributed by atoms with E-state index >= 15 is 0 Å². The first kappa shape index (κ1) is 13.1. The molecule has 1 atom stereocenters. The highest BCUT2D eigenvalue weighted by molar-refractivity contribution is 6.30. The minimum atomic E-state index is -0.338. The molecule has 0 amide bonds. The average Bonchev–Trinajstić information content (AvgIpc) is 2.81. The van der Waals surface area contributed by atoms with Gasteiger partial charge in [-0.1, -0.05) is 29.3 Å². The van der Waals surface area contributed by atoms with Gasteiger partial charge >= 0.3 is 0 Å². The highest BCUT2D eigenvalue weighted by atomic mass is 35.5. The summed E-state index contributed by atoms with van der Waals surface area (Å²) in [5, 5.41) is 13.3. The summed E-state index contributed by atoms with van der Waals surface area (Å²) in [4.78, 5) is 0. The van der Waals surface area contributed by atoms with Crippen LogP contribution in [0.15, 0.2) is 36.4 Å². The zero-order valence-electron chi connectivity index (χ0n) is 10.5. The zero-order chi connectivity index (χ0) is 14.1. The summed E-state index contributed by atoms with van der Waals surface area (Å²) in [6.07, 6.45) is -0.338. The van der Waals surface area contributed by atoms with E-state index in [-0.39, 0.29) is 6.10 Å². The van der Waals surface area contributed by atoms with Crippen molar-refractivity contribution in [1.82, 2.24) is 19.8 Å². The molecule has 0 aliphatic carbocycles. The molecule has 1 aromatic carbocycles. The van der Waals surface area contributed by atoms with Crippen molar-refractivity contribution in [2.75, 3.05) is 0 Å². The third-order valence-electron chi connectivity index (χ3n) is 2.73. The molecule has 20 heavy (non-hydrogen) atoms. The maximum atomic E-state index is 5.93. The van der Waals surface area contributed by atoms with Crippen LogP contribution in [-0.2, 0) is 0 Å². The first-order valence-corrected chi connectivity index (χ1v) is 6.69. The number of halogens is 2. The van der Waals surface area contributed by atoms with E-state index in [9.17, 15) is 0 Å². The van der Waals surface area contributed by atoms with Gasteiger partial charge in [0.15, 0.2) is 17.6 Å². The number of rotatable bonds is 3. The maximum absolute atomic E-state index is 5.93. The van der Waals surface area contributed by atoms with E-state index in [4.69, 9.17) is 27.9 Å². The normalized spacial score (nSPS) is 12.6. The number of aromatic nitrogens is 4. The summed E-state index contributed by atoms with van der Waals surface area (Å²) in [5.74, 6) is 1.23. The molecule has 0 aliphatic heterocycles. The van der Waals surface area contributed by atoms with E-state index in [0.29, 0.717) is 27.4 Å². The van der Waals surface area contributed by atoms with E-state index in [1.165, 1.54) is 0 Å². The van der Waals surface area contributed by atoms with E-state index < -0.39 is 0 Å². The van der Waals surface area contributed by atoms with Crippen molar-refractivity contribution in [3.05, 3.63) is 52.4 Å². The van der Waals surface area contributed by atoms with Crippen molar-refractivity contribution >= 4 is 28.8 Å². The molecule has 0 radical (unpaired) electrons. The van der Waals surface area contributed by atoms with Gasteiger partial charge in [-0.25, -0.2) is 0 Å². The number of ether oxygens (including phenoxy) is 1. The first-order chi connectivity index (χ1) is 9.63. The van der Waals surface area contributed by atoms with Crippen LogP contribution in [0.3, 0.4) is 0 Å². The summed E-state index contributed by atoms with van der Waals surface area (Å²) >= 11 is 11.8. The number of hydrogen-bond acceptors (Lipinski definition) is 4. The largest absolute Gasteiger partial charge is 0.483 e. The fraction of sp³-hybridized carbons (Fsp3) is 0.154. The standard InChI is InChI=1S/C13H10Cl2N4O/c1-8(20-10-4-2-3-9(14)7-10)13-17-16-12-6-5-11(15)18-19(12)13/h2-8H,1H3. The number of benzene rings is 1. The van der Waals surface area contributed by atoms with Gasteiger partial charge < -0.3 is 4.74 Å². The van der Waals surface area contributed by atoms with Crippen molar-refractivity contribution in [2.24, 2.45) is 0 Å². The number of nitrogens with zero attached hydrogens (tertiary/aromatic N) is 4. The van der Waals surface area contributed by atoms with Crippen molar-refractivity contribution in [2.45, 2.75) is 13.0 Å². The predicted molar refractivity (Wildman–Crippen MR) is 76.3 cm³/mol. The van der Waals surface area contributed by atoms with E-state index in [0.717, 1.165) is 0 Å². The van der Waals surface area contributed by atoms with Crippen LogP contribution >= 0.6 is 23.2 Å². The molecule has 0 saturated heterocycles. The summed E-state index contributed by atoms with van der Waals surface area (Å²) in [6.45, 7) is 1.86. The first-order valence-electron chi connectivity index (χ1n) is 5.93. The van der Waals surface area contributed by atoms with Crippen LogP contribution in [0.1, 0.15) is 18.9 Å². The van der Waals surface area contributed by atoms with Crippen LogP contribution in [0.25, 0.3) is 5.65 Å². The third-order valence-corrected chi connectivity index (χ3v) is 3.16. The van der Waals surface area contributed by atoms with Crippen molar-refractivity contribution in [3.63, 3.8) is 0 Å². The maximum Gasteiger partial charge on any atom is 0.195 e. The van der Waals surface area contributed by atoms with Crippen LogP contribution in [0.5, 0.6) is 5.75 Å². The molecule has 0 saturated carbocycles. The van der Waals surface area contributed by atoms with E-state index in [2.05, 4.69) is 15.3 Å². The summed E-state index contributed by atoms with van der Waals surface area (Å²) in [6, 6.07) is 10.6. The lowest BCUT2D eigenvalue weighted by Crippen LogP contribution is -2.09. The third kappa shape index (κ3) is 2.55. The Morgan fingerprint density at radius 1 is 1.15 bits per heavy atom. The summed E-state index contributed by atoms with van der Waals surface area (Å²) in [5.41, 5.74) is 0.617. The van der Waals surface area contributed by atoms with Gasteiger partial charge in [0, 0.05) is 5.02 Å². The van der Waals surface area contributed by atoms with Crippen LogP contribution in [0.2, 0.25) is 10.2 Å². The van der Waals surface area contributed by atoms with E-state index in [1.54, 1.807) is 28.8 Å². The molecule has 0 fully saturated rings. The molecular weight excluding hydrogens is 299 g/mol. The molecule has 2 aromatic heterocycles. The van der Waals surface area contributed by atoms with Crippen LogP contribution in [0.4, 0.5) is 0 Å². The Bertz CT molecular complexity index is 759. The van der Waals surface area contributed by atoms with Gasteiger partial charge in [0.1, 0.15) is 10.9 Å². The molecule has 0 aliphatic rings. The second-order valence-electron chi connectivity index (χ2n) is 4.20. The highest BCUT2D eigenvalue weighted by Crippen LogP contribution is 2.23. The van der Waals surface area contributed by atoms with Gasteiger partial charge in [-0.05, 0) is 37.3 Å². The SMILES string of the molecule is CC(Oc1cccc(Cl)c1)c1nnc2ccc(Cl)nn12. The van der Waals surface area contributed by atoms with Crippen LogP contribution in [0, 0.1) is 0 Å². The highest BCUT2D eigenvalue weighted by Gasteiger charge is 2.16. The second-order valence-corrected chi connectivity index (χ2v) is 5.03. The lowest BCUT2D eigenvalue weighted by atomic mass is 10.3. The second kappa shape index (κ2) is 5.26. The van der Waals surface area contributed by atoms with Gasteiger partial charge in [0.05, 0.1) is 0 Å². The molecule has 3 rings (SSSR count). The lowest BCUT2D eigenvalue weighted by molar-refractivity contribution is 0.213. The molecule has 1 unspecified atom stereocenters. The monoisotopic (exact) mass is 308 g/mol.